The van der Waals surface area contributed by atoms with E-state index in [4.69, 9.17) is 9.47 Å². The van der Waals surface area contributed by atoms with Gasteiger partial charge in [0.15, 0.2) is 11.5 Å². The summed E-state index contributed by atoms with van der Waals surface area (Å²) >= 11 is 0. The molecule has 31 heavy (non-hydrogen) atoms. The molecule has 0 aromatic heterocycles. The average Bonchev–Trinajstić information content (AvgIpc) is 3.01. The fourth-order valence-electron chi connectivity index (χ4n) is 5.58. The highest BCUT2D eigenvalue weighted by molar-refractivity contribution is 5.92. The second-order valence-electron chi connectivity index (χ2n) is 9.55. The molecule has 2 atom stereocenters. The van der Waals surface area contributed by atoms with Crippen LogP contribution in [-0.2, 0) is 0 Å². The highest BCUT2D eigenvalue weighted by Gasteiger charge is 2.38. The smallest absolute Gasteiger partial charge is 0.172 e. The summed E-state index contributed by atoms with van der Waals surface area (Å²) < 4.78 is 12.4. The number of rotatable bonds is 2. The second kappa shape index (κ2) is 7.37. The lowest BCUT2D eigenvalue weighted by molar-refractivity contribution is 0.126. The lowest BCUT2D eigenvalue weighted by Crippen LogP contribution is -2.33. The van der Waals surface area contributed by atoms with Crippen LogP contribution in [0.1, 0.15) is 63.7 Å². The van der Waals surface area contributed by atoms with Crippen molar-refractivity contribution in [3.8, 4) is 28.4 Å². The molecule has 0 saturated heterocycles. The van der Waals surface area contributed by atoms with Gasteiger partial charge in [0.2, 0.25) is 0 Å². The van der Waals surface area contributed by atoms with Gasteiger partial charge in [-0.2, -0.15) is 0 Å². The predicted octanol–water partition coefficient (Wildman–Crippen LogP) is 6.86. The Balaban J connectivity index is 1.77. The van der Waals surface area contributed by atoms with Crippen LogP contribution in [0.3, 0.4) is 0 Å². The van der Waals surface area contributed by atoms with Gasteiger partial charge in [-0.3, -0.25) is 0 Å². The van der Waals surface area contributed by atoms with Gasteiger partial charge < -0.3 is 19.9 Å². The first-order valence-corrected chi connectivity index (χ1v) is 11.3. The predicted molar refractivity (Wildman–Crippen MR) is 126 cm³/mol. The second-order valence-corrected chi connectivity index (χ2v) is 9.55. The van der Waals surface area contributed by atoms with Crippen LogP contribution in [0.5, 0.6) is 17.2 Å². The van der Waals surface area contributed by atoms with Gasteiger partial charge in [0.1, 0.15) is 11.9 Å². The van der Waals surface area contributed by atoms with Gasteiger partial charge in [-0.05, 0) is 75.8 Å². The number of hydrogen-bond acceptors (Lipinski definition) is 4. The first-order valence-electron chi connectivity index (χ1n) is 11.3. The topological polar surface area (TPSA) is 50.7 Å². The van der Waals surface area contributed by atoms with Gasteiger partial charge in [0.05, 0.1) is 18.2 Å². The third-order valence-electron chi connectivity index (χ3n) is 6.76. The molecule has 0 bridgehead atoms. The van der Waals surface area contributed by atoms with Crippen LogP contribution in [0.2, 0.25) is 0 Å². The number of phenols is 1. The highest BCUT2D eigenvalue weighted by atomic mass is 16.5. The van der Waals surface area contributed by atoms with Crippen molar-refractivity contribution < 1.29 is 14.6 Å². The maximum Gasteiger partial charge on any atom is 0.172 e. The van der Waals surface area contributed by atoms with E-state index in [-0.39, 0.29) is 17.4 Å². The molecule has 2 N–H and O–H groups in total. The normalized spacial score (nSPS) is 23.3. The summed E-state index contributed by atoms with van der Waals surface area (Å²) in [5.41, 5.74) is 6.69. The van der Waals surface area contributed by atoms with Gasteiger partial charge >= 0.3 is 0 Å². The zero-order chi connectivity index (χ0) is 21.8. The first-order chi connectivity index (χ1) is 14.9. The monoisotopic (exact) mass is 417 g/mol. The van der Waals surface area contributed by atoms with Gasteiger partial charge in [0, 0.05) is 22.7 Å². The fourth-order valence-corrected chi connectivity index (χ4v) is 5.58. The standard InChI is InChI=1S/C27H31NO3/c1-16-15-27(2,3)28-19-12-11-18-23-21(14-13-20(29)26(23)30-4)31-25(24(18)22(16)19)17-9-7-5-6-8-10-17/h5,7,11-15,17,25,28-29H,6,8-10H2,1-4H3. The minimum absolute atomic E-state index is 0.0409. The number of phenolic OH excluding ortho intramolecular Hbond substituents is 1. The Labute approximate surface area is 184 Å². The molecule has 0 fully saturated rings. The van der Waals surface area contributed by atoms with Crippen LogP contribution in [-0.4, -0.2) is 17.8 Å². The average molecular weight is 418 g/mol. The Kier molecular flexibility index (Phi) is 4.76. The summed E-state index contributed by atoms with van der Waals surface area (Å²) in [5.74, 6) is 1.80. The van der Waals surface area contributed by atoms with Crippen molar-refractivity contribution in [3.05, 3.63) is 53.6 Å². The first kappa shape index (κ1) is 20.0. The Morgan fingerprint density at radius 2 is 1.97 bits per heavy atom. The number of allylic oxidation sites excluding steroid dienone is 3. The van der Waals surface area contributed by atoms with Crippen LogP contribution >= 0.6 is 0 Å². The molecular formula is C27H31NO3. The summed E-state index contributed by atoms with van der Waals surface area (Å²) in [7, 11) is 1.60. The lowest BCUT2D eigenvalue weighted by atomic mass is 9.77. The molecule has 2 heterocycles. The van der Waals surface area contributed by atoms with E-state index in [0.29, 0.717) is 11.7 Å². The van der Waals surface area contributed by atoms with E-state index in [0.717, 1.165) is 41.8 Å². The van der Waals surface area contributed by atoms with Gasteiger partial charge in [-0.1, -0.05) is 24.3 Å². The Bertz CT molecular complexity index is 1100. The minimum Gasteiger partial charge on any atom is -0.504 e. The SMILES string of the molecule is COc1c(O)ccc2c1-c1ccc3c(c1C(C1CC=CCCC1)O2)C(C)=CC(C)(C)N3. The number of fused-ring (bicyclic) bond motifs is 5. The molecule has 0 spiro atoms. The highest BCUT2D eigenvalue weighted by Crippen LogP contribution is 2.56. The summed E-state index contributed by atoms with van der Waals surface area (Å²) in [5, 5.41) is 14.2. The van der Waals surface area contributed by atoms with Crippen LogP contribution in [0.25, 0.3) is 16.7 Å². The van der Waals surface area contributed by atoms with E-state index in [2.05, 4.69) is 56.4 Å². The molecule has 3 aliphatic rings. The summed E-state index contributed by atoms with van der Waals surface area (Å²) in [6, 6.07) is 7.87. The zero-order valence-electron chi connectivity index (χ0n) is 18.8. The van der Waals surface area contributed by atoms with Crippen molar-refractivity contribution in [3.63, 3.8) is 0 Å². The van der Waals surface area contributed by atoms with E-state index in [1.54, 1.807) is 13.2 Å². The van der Waals surface area contributed by atoms with Crippen LogP contribution < -0.4 is 14.8 Å². The van der Waals surface area contributed by atoms with E-state index in [9.17, 15) is 5.11 Å². The minimum atomic E-state index is -0.102. The number of hydrogen-bond donors (Lipinski definition) is 2. The zero-order valence-corrected chi connectivity index (χ0v) is 18.8. The van der Waals surface area contributed by atoms with E-state index >= 15 is 0 Å². The number of benzene rings is 2. The van der Waals surface area contributed by atoms with Crippen molar-refractivity contribution in [2.75, 3.05) is 12.4 Å². The molecule has 0 amide bonds. The molecule has 2 aliphatic heterocycles. The number of aromatic hydroxyl groups is 1. The number of methoxy groups -OCH3 is 1. The third-order valence-corrected chi connectivity index (χ3v) is 6.76. The van der Waals surface area contributed by atoms with Crippen molar-refractivity contribution in [1.29, 1.82) is 0 Å². The fraction of sp³-hybridized carbons (Fsp3) is 0.407. The van der Waals surface area contributed by atoms with E-state index in [1.165, 1.54) is 23.1 Å². The van der Waals surface area contributed by atoms with Crippen molar-refractivity contribution in [2.45, 2.75) is 58.1 Å². The van der Waals surface area contributed by atoms with Gasteiger partial charge in [-0.15, -0.1) is 0 Å². The lowest BCUT2D eigenvalue weighted by Gasteiger charge is -2.39. The number of nitrogens with one attached hydrogen (secondary N) is 1. The molecular weight excluding hydrogens is 386 g/mol. The molecule has 0 saturated carbocycles. The maximum atomic E-state index is 10.5. The number of ether oxygens (including phenoxy) is 2. The molecule has 0 radical (unpaired) electrons. The van der Waals surface area contributed by atoms with Crippen molar-refractivity contribution >= 4 is 11.3 Å². The summed E-state index contributed by atoms with van der Waals surface area (Å²) in [6.07, 6.45) is 11.3. The summed E-state index contributed by atoms with van der Waals surface area (Å²) in [4.78, 5) is 0. The maximum absolute atomic E-state index is 10.5. The molecule has 2 aromatic rings. The Morgan fingerprint density at radius 3 is 2.77 bits per heavy atom. The van der Waals surface area contributed by atoms with E-state index < -0.39 is 0 Å². The largest absolute Gasteiger partial charge is 0.504 e. The van der Waals surface area contributed by atoms with Gasteiger partial charge in [-0.25, -0.2) is 0 Å². The molecule has 4 heteroatoms. The Hall–Kier alpha value is -2.88. The van der Waals surface area contributed by atoms with Crippen molar-refractivity contribution in [2.24, 2.45) is 5.92 Å². The summed E-state index contributed by atoms with van der Waals surface area (Å²) in [6.45, 7) is 6.58. The van der Waals surface area contributed by atoms with Crippen LogP contribution in [0.15, 0.2) is 42.5 Å². The van der Waals surface area contributed by atoms with Crippen molar-refractivity contribution in [1.82, 2.24) is 0 Å². The molecule has 1 aliphatic carbocycles. The number of anilines is 1. The quantitative estimate of drug-likeness (QED) is 0.524. The van der Waals surface area contributed by atoms with Gasteiger partial charge in [0.25, 0.3) is 0 Å². The molecule has 4 nitrogen and oxygen atoms in total. The molecule has 5 rings (SSSR count). The van der Waals surface area contributed by atoms with Crippen LogP contribution in [0.4, 0.5) is 5.69 Å². The Morgan fingerprint density at radius 1 is 1.13 bits per heavy atom. The van der Waals surface area contributed by atoms with Crippen LogP contribution in [0, 0.1) is 5.92 Å². The molecule has 2 unspecified atom stereocenters. The van der Waals surface area contributed by atoms with E-state index in [1.807, 2.05) is 6.07 Å². The molecule has 162 valence electrons. The molecule has 2 aromatic carbocycles. The third kappa shape index (κ3) is 3.29.